The van der Waals surface area contributed by atoms with E-state index in [-0.39, 0.29) is 24.2 Å². The average Bonchev–Trinajstić information content (AvgIpc) is 2.86. The van der Waals surface area contributed by atoms with Crippen molar-refractivity contribution in [3.05, 3.63) is 24.4 Å². The van der Waals surface area contributed by atoms with E-state index in [9.17, 15) is 9.59 Å². The number of carboxylic acids is 1. The Labute approximate surface area is 118 Å². The molecule has 1 amide bonds. The fraction of sp³-hybridized carbons (Fsp3) is 0.533. The summed E-state index contributed by atoms with van der Waals surface area (Å²) in [6.45, 7) is 0. The number of carbonyl (C=O) groups excluding carboxylic acids is 1. The van der Waals surface area contributed by atoms with Gasteiger partial charge in [0.1, 0.15) is 5.82 Å². The molecule has 1 saturated carbocycles. The lowest BCUT2D eigenvalue weighted by molar-refractivity contribution is -0.140. The summed E-state index contributed by atoms with van der Waals surface area (Å²) in [6, 6.07) is 5.40. The van der Waals surface area contributed by atoms with Gasteiger partial charge in [-0.05, 0) is 30.4 Å². The van der Waals surface area contributed by atoms with Gasteiger partial charge in [0.25, 0.3) is 0 Å². The monoisotopic (exact) mass is 276 g/mol. The molecule has 1 fully saturated rings. The molecule has 1 N–H and O–H groups in total. The van der Waals surface area contributed by atoms with Crippen molar-refractivity contribution >= 4 is 17.7 Å². The van der Waals surface area contributed by atoms with Crippen molar-refractivity contribution in [3.63, 3.8) is 0 Å². The number of anilines is 1. The highest BCUT2D eigenvalue weighted by Crippen LogP contribution is 2.44. The third-order valence-corrected chi connectivity index (χ3v) is 4.08. The van der Waals surface area contributed by atoms with Crippen LogP contribution in [0.5, 0.6) is 0 Å². The Balaban J connectivity index is 2.07. The topological polar surface area (TPSA) is 70.5 Å². The highest BCUT2D eigenvalue weighted by molar-refractivity contribution is 5.92. The Morgan fingerprint density at radius 2 is 2.00 bits per heavy atom. The largest absolute Gasteiger partial charge is 0.481 e. The smallest absolute Gasteiger partial charge is 0.303 e. The molecule has 0 aliphatic heterocycles. The first-order valence-corrected chi connectivity index (χ1v) is 6.92. The van der Waals surface area contributed by atoms with Gasteiger partial charge in [-0.1, -0.05) is 18.9 Å². The molecular weight excluding hydrogens is 256 g/mol. The average molecular weight is 276 g/mol. The molecule has 0 radical (unpaired) electrons. The fourth-order valence-corrected chi connectivity index (χ4v) is 2.98. The maximum atomic E-state index is 12.4. The van der Waals surface area contributed by atoms with E-state index in [0.29, 0.717) is 5.82 Å². The Hall–Kier alpha value is -1.91. The zero-order valence-corrected chi connectivity index (χ0v) is 11.7. The molecule has 0 unspecified atom stereocenters. The summed E-state index contributed by atoms with van der Waals surface area (Å²) in [5, 5.41) is 9.07. The zero-order valence-electron chi connectivity index (χ0n) is 11.7. The first kappa shape index (κ1) is 14.5. The molecule has 108 valence electrons. The SMILES string of the molecule is CN(C(=O)CC1(CC(=O)O)CCCC1)c1ccccn1. The summed E-state index contributed by atoms with van der Waals surface area (Å²) < 4.78 is 0. The fourth-order valence-electron chi connectivity index (χ4n) is 2.98. The van der Waals surface area contributed by atoms with Crippen LogP contribution >= 0.6 is 0 Å². The summed E-state index contributed by atoms with van der Waals surface area (Å²) in [5.74, 6) is -0.284. The quantitative estimate of drug-likeness (QED) is 0.896. The number of aliphatic carboxylic acids is 1. The van der Waals surface area contributed by atoms with Crippen molar-refractivity contribution in [2.75, 3.05) is 11.9 Å². The maximum absolute atomic E-state index is 12.4. The van der Waals surface area contributed by atoms with E-state index in [4.69, 9.17) is 5.11 Å². The summed E-state index contributed by atoms with van der Waals surface area (Å²) in [6.07, 6.45) is 5.66. The molecule has 0 spiro atoms. The minimum atomic E-state index is -0.819. The molecule has 1 heterocycles. The van der Waals surface area contributed by atoms with Crippen molar-refractivity contribution < 1.29 is 14.7 Å². The van der Waals surface area contributed by atoms with Crippen molar-refractivity contribution in [1.29, 1.82) is 0 Å². The van der Waals surface area contributed by atoms with Gasteiger partial charge >= 0.3 is 5.97 Å². The number of amides is 1. The Morgan fingerprint density at radius 3 is 2.55 bits per heavy atom. The first-order chi connectivity index (χ1) is 9.52. The summed E-state index contributed by atoms with van der Waals surface area (Å²) in [5.41, 5.74) is -0.369. The number of rotatable bonds is 5. The molecular formula is C15H20N2O3. The van der Waals surface area contributed by atoms with Gasteiger partial charge in [0.15, 0.2) is 0 Å². The zero-order chi connectivity index (χ0) is 14.6. The van der Waals surface area contributed by atoms with Gasteiger partial charge in [-0.2, -0.15) is 0 Å². The van der Waals surface area contributed by atoms with Crippen LogP contribution in [0.3, 0.4) is 0 Å². The predicted octanol–water partition coefficient (Wildman–Crippen LogP) is 2.47. The number of carbonyl (C=O) groups is 2. The van der Waals surface area contributed by atoms with Crippen molar-refractivity contribution in [1.82, 2.24) is 4.98 Å². The first-order valence-electron chi connectivity index (χ1n) is 6.92. The van der Waals surface area contributed by atoms with E-state index >= 15 is 0 Å². The van der Waals surface area contributed by atoms with Crippen LogP contribution in [0.1, 0.15) is 38.5 Å². The van der Waals surface area contributed by atoms with Gasteiger partial charge in [0.2, 0.25) is 5.91 Å². The third-order valence-electron chi connectivity index (χ3n) is 4.08. The number of hydrogen-bond donors (Lipinski definition) is 1. The van der Waals surface area contributed by atoms with Crippen LogP contribution in [0.15, 0.2) is 24.4 Å². The summed E-state index contributed by atoms with van der Waals surface area (Å²) >= 11 is 0. The number of nitrogens with zero attached hydrogens (tertiary/aromatic N) is 2. The molecule has 0 aromatic carbocycles. The lowest BCUT2D eigenvalue weighted by atomic mass is 9.79. The Bertz CT molecular complexity index is 481. The van der Waals surface area contributed by atoms with Crippen LogP contribution in [0.25, 0.3) is 0 Å². The van der Waals surface area contributed by atoms with Crippen LogP contribution in [0.4, 0.5) is 5.82 Å². The Kier molecular flexibility index (Phi) is 4.37. The van der Waals surface area contributed by atoms with E-state index in [1.807, 2.05) is 6.07 Å². The minimum absolute atomic E-state index is 0.0631. The van der Waals surface area contributed by atoms with Gasteiger partial charge < -0.3 is 5.11 Å². The lowest BCUT2D eigenvalue weighted by Crippen LogP contribution is -2.33. The van der Waals surface area contributed by atoms with E-state index in [1.165, 1.54) is 4.90 Å². The number of hydrogen-bond acceptors (Lipinski definition) is 3. The van der Waals surface area contributed by atoms with Crippen molar-refractivity contribution in [2.24, 2.45) is 5.41 Å². The van der Waals surface area contributed by atoms with E-state index in [1.54, 1.807) is 25.4 Å². The van der Waals surface area contributed by atoms with Crippen LogP contribution in [-0.4, -0.2) is 29.0 Å². The van der Waals surface area contributed by atoms with Crippen LogP contribution in [-0.2, 0) is 9.59 Å². The number of pyridine rings is 1. The molecule has 1 aliphatic rings. The van der Waals surface area contributed by atoms with E-state index in [2.05, 4.69) is 4.98 Å². The second kappa shape index (κ2) is 6.03. The molecule has 1 aliphatic carbocycles. The normalized spacial score (nSPS) is 16.9. The third kappa shape index (κ3) is 3.35. The van der Waals surface area contributed by atoms with Crippen LogP contribution in [0, 0.1) is 5.41 Å². The summed E-state index contributed by atoms with van der Waals surface area (Å²) in [7, 11) is 1.69. The lowest BCUT2D eigenvalue weighted by Gasteiger charge is -2.28. The molecule has 0 atom stereocenters. The molecule has 5 nitrogen and oxygen atoms in total. The minimum Gasteiger partial charge on any atom is -0.481 e. The van der Waals surface area contributed by atoms with Gasteiger partial charge in [-0.15, -0.1) is 0 Å². The molecule has 20 heavy (non-hydrogen) atoms. The van der Waals surface area contributed by atoms with E-state index < -0.39 is 5.97 Å². The molecule has 2 rings (SSSR count). The van der Waals surface area contributed by atoms with Crippen molar-refractivity contribution in [3.8, 4) is 0 Å². The van der Waals surface area contributed by atoms with E-state index in [0.717, 1.165) is 25.7 Å². The highest BCUT2D eigenvalue weighted by atomic mass is 16.4. The highest BCUT2D eigenvalue weighted by Gasteiger charge is 2.38. The Morgan fingerprint density at radius 1 is 1.30 bits per heavy atom. The maximum Gasteiger partial charge on any atom is 0.303 e. The van der Waals surface area contributed by atoms with Gasteiger partial charge in [-0.3, -0.25) is 14.5 Å². The van der Waals surface area contributed by atoms with Crippen LogP contribution in [0.2, 0.25) is 0 Å². The number of aromatic nitrogens is 1. The van der Waals surface area contributed by atoms with Gasteiger partial charge in [-0.25, -0.2) is 4.98 Å². The van der Waals surface area contributed by atoms with Gasteiger partial charge in [0, 0.05) is 19.7 Å². The summed E-state index contributed by atoms with van der Waals surface area (Å²) in [4.78, 5) is 29.1. The number of carboxylic acid groups (broad SMARTS) is 1. The molecule has 1 aromatic heterocycles. The van der Waals surface area contributed by atoms with Gasteiger partial charge in [0.05, 0.1) is 6.42 Å². The second-order valence-corrected chi connectivity index (χ2v) is 5.60. The van der Waals surface area contributed by atoms with Crippen LogP contribution < -0.4 is 4.90 Å². The predicted molar refractivity (Wildman–Crippen MR) is 75.4 cm³/mol. The second-order valence-electron chi connectivity index (χ2n) is 5.60. The molecule has 0 saturated heterocycles. The standard InChI is InChI=1S/C15H20N2O3/c1-17(12-6-2-5-9-16-12)13(18)10-15(11-14(19)20)7-3-4-8-15/h2,5-6,9H,3-4,7-8,10-11H2,1H3,(H,19,20). The molecule has 1 aromatic rings. The van der Waals surface area contributed by atoms with Crippen molar-refractivity contribution in [2.45, 2.75) is 38.5 Å². The molecule has 0 bridgehead atoms. The molecule has 5 heteroatoms.